The smallest absolute Gasteiger partial charge is 0.264 e. The Balaban J connectivity index is 0.00000204. The van der Waals surface area contributed by atoms with Gasteiger partial charge < -0.3 is 14.4 Å². The molecular formula is C35H44ClIN2O6S. The molecule has 11 heteroatoms. The number of ether oxygens (including phenoxy) is 2. The van der Waals surface area contributed by atoms with Crippen LogP contribution in [0.25, 0.3) is 0 Å². The minimum atomic E-state index is -4.05. The van der Waals surface area contributed by atoms with Crippen molar-refractivity contribution in [2.24, 2.45) is 17.8 Å². The van der Waals surface area contributed by atoms with E-state index >= 15 is 0 Å². The van der Waals surface area contributed by atoms with Crippen LogP contribution in [0.2, 0.25) is 5.02 Å². The molecule has 2 aromatic rings. The van der Waals surface area contributed by atoms with Gasteiger partial charge in [0.15, 0.2) is 5.78 Å². The van der Waals surface area contributed by atoms with E-state index < -0.39 is 21.2 Å². The lowest BCUT2D eigenvalue weighted by Gasteiger charge is -2.44. The zero-order valence-electron chi connectivity index (χ0n) is 26.8. The number of ketones is 1. The van der Waals surface area contributed by atoms with E-state index in [-0.39, 0.29) is 47.5 Å². The maximum Gasteiger partial charge on any atom is 0.264 e. The fraction of sp³-hybridized carbons (Fsp3) is 0.543. The highest BCUT2D eigenvalue weighted by atomic mass is 127. The van der Waals surface area contributed by atoms with Crippen molar-refractivity contribution >= 4 is 61.6 Å². The molecule has 2 aliphatic heterocycles. The van der Waals surface area contributed by atoms with Gasteiger partial charge in [-0.3, -0.25) is 9.59 Å². The summed E-state index contributed by atoms with van der Waals surface area (Å²) >= 11 is 8.54. The number of benzene rings is 2. The molecule has 0 radical (unpaired) electrons. The molecule has 250 valence electrons. The molecule has 4 aliphatic rings. The molecule has 2 heterocycles. The van der Waals surface area contributed by atoms with E-state index in [1.165, 1.54) is 18.2 Å². The number of carbonyl (C=O) groups is 2. The first-order valence-electron chi connectivity index (χ1n) is 16.0. The number of methoxy groups -OCH3 is 1. The molecule has 2 aliphatic carbocycles. The molecule has 2 aromatic carbocycles. The van der Waals surface area contributed by atoms with Gasteiger partial charge in [-0.25, -0.2) is 13.1 Å². The molecule has 46 heavy (non-hydrogen) atoms. The lowest BCUT2D eigenvalue weighted by Crippen LogP contribution is -2.49. The van der Waals surface area contributed by atoms with Gasteiger partial charge in [-0.05, 0) is 109 Å². The predicted octanol–water partition coefficient (Wildman–Crippen LogP) is 6.52. The Kier molecular flexibility index (Phi) is 11.4. The summed E-state index contributed by atoms with van der Waals surface area (Å²) in [4.78, 5) is 31.2. The van der Waals surface area contributed by atoms with Gasteiger partial charge in [-0.2, -0.15) is 0 Å². The monoisotopic (exact) mass is 782 g/mol. The summed E-state index contributed by atoms with van der Waals surface area (Å²) in [7, 11) is -2.53. The summed E-state index contributed by atoms with van der Waals surface area (Å²) in [6.07, 6.45) is 8.75. The molecule has 1 spiro atoms. The fourth-order valence-electron chi connectivity index (χ4n) is 7.62. The van der Waals surface area contributed by atoms with Crippen molar-refractivity contribution in [3.8, 4) is 5.75 Å². The number of halogens is 2. The molecule has 1 amide bonds. The second kappa shape index (κ2) is 15.0. The predicted molar refractivity (Wildman–Crippen MR) is 191 cm³/mol. The lowest BCUT2D eigenvalue weighted by atomic mass is 9.68. The molecular weight excluding hydrogens is 739 g/mol. The summed E-state index contributed by atoms with van der Waals surface area (Å²) in [6.45, 7) is 3.84. The Morgan fingerprint density at radius 3 is 2.70 bits per heavy atom. The van der Waals surface area contributed by atoms with Crippen molar-refractivity contribution in [3.63, 3.8) is 0 Å². The molecule has 2 bridgehead atoms. The highest BCUT2D eigenvalue weighted by Gasteiger charge is 2.44. The first-order chi connectivity index (χ1) is 22.1. The third-order valence-corrected chi connectivity index (χ3v) is 12.4. The van der Waals surface area contributed by atoms with Crippen molar-refractivity contribution in [2.75, 3.05) is 43.2 Å². The molecule has 1 fully saturated rings. The number of nitrogens with one attached hydrogen (secondary N) is 1. The highest BCUT2D eigenvalue weighted by Crippen LogP contribution is 2.46. The fourth-order valence-corrected chi connectivity index (χ4v) is 9.47. The Hall–Kier alpha value is -2.15. The van der Waals surface area contributed by atoms with E-state index in [0.29, 0.717) is 31.9 Å². The Bertz CT molecular complexity index is 1580. The summed E-state index contributed by atoms with van der Waals surface area (Å²) in [6, 6.07) is 11.3. The number of hydrogen-bond acceptors (Lipinski definition) is 7. The molecule has 8 nitrogen and oxygen atoms in total. The minimum Gasteiger partial charge on any atom is -0.490 e. The zero-order chi connectivity index (χ0) is 33.1. The van der Waals surface area contributed by atoms with Crippen LogP contribution in [0.4, 0.5) is 5.69 Å². The molecule has 1 N–H and O–H groups in total. The van der Waals surface area contributed by atoms with E-state index in [0.717, 1.165) is 42.8 Å². The van der Waals surface area contributed by atoms with Crippen LogP contribution >= 0.6 is 34.2 Å². The van der Waals surface area contributed by atoms with Gasteiger partial charge in [0, 0.05) is 48.7 Å². The number of amides is 1. The maximum atomic E-state index is 13.6. The Morgan fingerprint density at radius 1 is 1.15 bits per heavy atom. The normalized spacial score (nSPS) is 29.5. The topological polar surface area (TPSA) is 102 Å². The summed E-state index contributed by atoms with van der Waals surface area (Å²) in [5, 5.41) is -0.145. The SMILES string of the molecule is CI.COCC[C@@H]1[C@@H](C)C/C=C/C(=O)[C@@H]2CC[C@H]2CN2C[C@@]3(CCCc4cc(Cl)ccc43)COc3ccc(cc32)C(=O)NS1(=O)=O. The van der Waals surface area contributed by atoms with Crippen LogP contribution in [0.5, 0.6) is 5.75 Å². The second-order valence-electron chi connectivity index (χ2n) is 13.0. The number of sulfonamides is 1. The average molecular weight is 783 g/mol. The summed E-state index contributed by atoms with van der Waals surface area (Å²) < 4.78 is 41.2. The Morgan fingerprint density at radius 2 is 1.96 bits per heavy atom. The largest absolute Gasteiger partial charge is 0.490 e. The van der Waals surface area contributed by atoms with E-state index in [9.17, 15) is 18.0 Å². The summed E-state index contributed by atoms with van der Waals surface area (Å²) in [5.74, 6) is -0.172. The zero-order valence-corrected chi connectivity index (χ0v) is 30.5. The van der Waals surface area contributed by atoms with E-state index in [4.69, 9.17) is 21.1 Å². The first-order valence-corrected chi connectivity index (χ1v) is 20.1. The number of fused-ring (bicyclic) bond motifs is 4. The van der Waals surface area contributed by atoms with Crippen LogP contribution < -0.4 is 14.4 Å². The number of carbonyl (C=O) groups excluding carboxylic acids is 2. The van der Waals surface area contributed by atoms with Crippen molar-refractivity contribution in [2.45, 2.75) is 62.5 Å². The maximum absolute atomic E-state index is 13.6. The quantitative estimate of drug-likeness (QED) is 0.280. The van der Waals surface area contributed by atoms with Gasteiger partial charge >= 0.3 is 0 Å². The van der Waals surface area contributed by atoms with Crippen molar-refractivity contribution < 1.29 is 27.5 Å². The highest BCUT2D eigenvalue weighted by molar-refractivity contribution is 14.1. The lowest BCUT2D eigenvalue weighted by molar-refractivity contribution is -0.122. The molecule has 0 unspecified atom stereocenters. The third-order valence-electron chi connectivity index (χ3n) is 10.2. The molecule has 6 rings (SSSR count). The van der Waals surface area contributed by atoms with Gasteiger partial charge in [0.1, 0.15) is 5.75 Å². The third kappa shape index (κ3) is 7.29. The first kappa shape index (κ1) is 35.2. The number of hydrogen-bond donors (Lipinski definition) is 1. The van der Waals surface area contributed by atoms with Crippen LogP contribution in [0.15, 0.2) is 48.6 Å². The van der Waals surface area contributed by atoms with Crippen LogP contribution in [-0.4, -0.2) is 63.7 Å². The van der Waals surface area contributed by atoms with Crippen molar-refractivity contribution in [1.29, 1.82) is 0 Å². The number of alkyl halides is 1. The van der Waals surface area contributed by atoms with E-state index in [1.807, 2.05) is 17.9 Å². The van der Waals surface area contributed by atoms with Crippen LogP contribution in [0.3, 0.4) is 0 Å². The second-order valence-corrected chi connectivity index (χ2v) is 15.4. The van der Waals surface area contributed by atoms with Gasteiger partial charge in [-0.15, -0.1) is 0 Å². The average Bonchev–Trinajstić information content (AvgIpc) is 3.16. The van der Waals surface area contributed by atoms with Crippen LogP contribution in [-0.2, 0) is 31.4 Å². The van der Waals surface area contributed by atoms with Gasteiger partial charge in [0.05, 0.1) is 17.5 Å². The molecule has 5 atom stereocenters. The van der Waals surface area contributed by atoms with Crippen molar-refractivity contribution in [3.05, 3.63) is 70.3 Å². The van der Waals surface area contributed by atoms with Gasteiger partial charge in [0.2, 0.25) is 10.0 Å². The van der Waals surface area contributed by atoms with E-state index in [1.54, 1.807) is 30.4 Å². The van der Waals surface area contributed by atoms with Gasteiger partial charge in [0.25, 0.3) is 5.91 Å². The Labute approximate surface area is 291 Å². The number of anilines is 1. The van der Waals surface area contributed by atoms with Gasteiger partial charge in [-0.1, -0.05) is 53.3 Å². The molecule has 0 aromatic heterocycles. The van der Waals surface area contributed by atoms with Crippen molar-refractivity contribution in [1.82, 2.24) is 4.72 Å². The minimum absolute atomic E-state index is 0.0880. The summed E-state index contributed by atoms with van der Waals surface area (Å²) in [5.41, 5.74) is 3.17. The number of aryl methyl sites for hydroxylation is 1. The standard InChI is InChI=1S/C34H41ClN2O6S.CH3I/c1-22-5-3-7-30(38)27-11-8-25(27)19-37-20-34(15-4-6-23-17-26(35)10-12-28(23)34)21-43-31-13-9-24(18-29(31)37)33(39)36-44(40,41)32(22)14-16-42-2;1-2/h3,7,9-10,12-13,17-18,22,25,27,32H,4-6,8,11,14-16,19-21H2,1-2H3,(H,36,39);1H3/b7-3+;/t22-,25-,27+,32+,34-;/m0./s1. The number of rotatable bonds is 3. The molecule has 0 saturated heterocycles. The number of allylic oxidation sites excluding steroid dienone is 2. The van der Waals surface area contributed by atoms with Crippen LogP contribution in [0, 0.1) is 17.8 Å². The number of nitrogens with zero attached hydrogens (tertiary/aromatic N) is 1. The molecule has 1 saturated carbocycles. The van der Waals surface area contributed by atoms with E-state index in [2.05, 4.69) is 44.3 Å². The van der Waals surface area contributed by atoms with Crippen LogP contribution in [0.1, 0.15) is 66.9 Å².